The second kappa shape index (κ2) is 10.8. The van der Waals surface area contributed by atoms with Crippen LogP contribution in [0.2, 0.25) is 5.02 Å². The van der Waals surface area contributed by atoms with Crippen molar-refractivity contribution >= 4 is 40.5 Å². The number of hydrogen-bond acceptors (Lipinski definition) is 8. The molecule has 3 aromatic rings. The monoisotopic (exact) mass is 508 g/mol. The first kappa shape index (κ1) is 25.2. The van der Waals surface area contributed by atoms with Crippen molar-refractivity contribution in [2.45, 2.75) is 13.1 Å². The Hall–Kier alpha value is -3.91. The van der Waals surface area contributed by atoms with Gasteiger partial charge in [0.05, 0.1) is 26.5 Å². The van der Waals surface area contributed by atoms with Gasteiger partial charge in [-0.05, 0) is 67.6 Å². The standard InChI is InChI=1S/C27H29ClN4O4/c1-6-36-27(33)25-29-32(22-10-8-19(28)9-11-22)26(18-7-16-23(34-4)24(17-18)35-5)31(25)21-14-12-20(13-15-21)30(2)3/h7-17,26H,6H2,1-5H3. The van der Waals surface area contributed by atoms with Crippen LogP contribution in [-0.4, -0.2) is 46.7 Å². The maximum absolute atomic E-state index is 13.1. The summed E-state index contributed by atoms with van der Waals surface area (Å²) in [6.07, 6.45) is -0.518. The average Bonchev–Trinajstić information content (AvgIpc) is 3.29. The molecule has 0 saturated heterocycles. The summed E-state index contributed by atoms with van der Waals surface area (Å²) >= 11 is 6.16. The third-order valence-corrected chi connectivity index (χ3v) is 6.06. The fourth-order valence-corrected chi connectivity index (χ4v) is 4.16. The maximum atomic E-state index is 13.1. The molecular formula is C27H29ClN4O4. The number of amidine groups is 1. The van der Waals surface area contributed by atoms with Gasteiger partial charge in [-0.15, -0.1) is 5.10 Å². The first-order valence-corrected chi connectivity index (χ1v) is 11.8. The molecule has 8 nitrogen and oxygen atoms in total. The number of benzene rings is 3. The Balaban J connectivity index is 1.91. The van der Waals surface area contributed by atoms with Crippen LogP contribution in [0.3, 0.4) is 0 Å². The summed E-state index contributed by atoms with van der Waals surface area (Å²) in [5.74, 6) is 0.824. The van der Waals surface area contributed by atoms with E-state index >= 15 is 0 Å². The van der Waals surface area contributed by atoms with E-state index in [1.54, 1.807) is 38.3 Å². The molecule has 0 fully saturated rings. The molecule has 0 N–H and O–H groups in total. The topological polar surface area (TPSA) is 66.8 Å². The van der Waals surface area contributed by atoms with E-state index in [0.717, 1.165) is 22.6 Å². The molecule has 0 aromatic heterocycles. The summed E-state index contributed by atoms with van der Waals surface area (Å²) < 4.78 is 16.4. The molecule has 1 atom stereocenters. The van der Waals surface area contributed by atoms with Crippen molar-refractivity contribution in [2.75, 3.05) is 49.7 Å². The number of esters is 1. The molecule has 1 aliphatic heterocycles. The molecule has 1 unspecified atom stereocenters. The van der Waals surface area contributed by atoms with E-state index in [-0.39, 0.29) is 12.4 Å². The van der Waals surface area contributed by atoms with Crippen LogP contribution in [0.15, 0.2) is 71.8 Å². The minimum Gasteiger partial charge on any atom is -0.493 e. The number of hydrazone groups is 1. The highest BCUT2D eigenvalue weighted by molar-refractivity contribution is 6.42. The first-order chi connectivity index (χ1) is 17.4. The fourth-order valence-electron chi connectivity index (χ4n) is 4.04. The zero-order valence-electron chi connectivity index (χ0n) is 20.9. The molecule has 0 radical (unpaired) electrons. The van der Waals surface area contributed by atoms with Crippen molar-refractivity contribution in [1.82, 2.24) is 0 Å². The lowest BCUT2D eigenvalue weighted by Gasteiger charge is -2.32. The van der Waals surface area contributed by atoms with Gasteiger partial charge in [0, 0.05) is 36.1 Å². The van der Waals surface area contributed by atoms with E-state index in [2.05, 4.69) is 0 Å². The second-order valence-corrected chi connectivity index (χ2v) is 8.67. The van der Waals surface area contributed by atoms with Gasteiger partial charge in [-0.3, -0.25) is 4.90 Å². The molecular weight excluding hydrogens is 480 g/mol. The first-order valence-electron chi connectivity index (χ1n) is 11.5. The van der Waals surface area contributed by atoms with Crippen LogP contribution in [0.4, 0.5) is 17.1 Å². The van der Waals surface area contributed by atoms with Crippen LogP contribution >= 0.6 is 11.6 Å². The van der Waals surface area contributed by atoms with Gasteiger partial charge in [0.15, 0.2) is 17.7 Å². The number of hydrogen-bond donors (Lipinski definition) is 0. The summed E-state index contributed by atoms with van der Waals surface area (Å²) in [5.41, 5.74) is 3.41. The molecule has 36 heavy (non-hydrogen) atoms. The molecule has 0 bridgehead atoms. The van der Waals surface area contributed by atoms with Gasteiger partial charge in [0.1, 0.15) is 0 Å². The van der Waals surface area contributed by atoms with Crippen LogP contribution in [-0.2, 0) is 9.53 Å². The Bertz CT molecular complexity index is 1250. The van der Waals surface area contributed by atoms with Crippen molar-refractivity contribution in [3.8, 4) is 11.5 Å². The van der Waals surface area contributed by atoms with Crippen LogP contribution < -0.4 is 24.3 Å². The number of carbonyl (C=O) groups excluding carboxylic acids is 1. The van der Waals surface area contributed by atoms with Crippen molar-refractivity contribution in [1.29, 1.82) is 0 Å². The summed E-state index contributed by atoms with van der Waals surface area (Å²) in [6, 6.07) is 20.9. The maximum Gasteiger partial charge on any atom is 0.376 e. The third kappa shape index (κ3) is 4.90. The molecule has 188 valence electrons. The summed E-state index contributed by atoms with van der Waals surface area (Å²) in [5, 5.41) is 7.14. The summed E-state index contributed by atoms with van der Waals surface area (Å²) in [4.78, 5) is 17.0. The summed E-state index contributed by atoms with van der Waals surface area (Å²) in [7, 11) is 7.13. The molecule has 1 aliphatic rings. The van der Waals surface area contributed by atoms with Gasteiger partial charge in [-0.2, -0.15) is 0 Å². The quantitative estimate of drug-likeness (QED) is 0.381. The van der Waals surface area contributed by atoms with Gasteiger partial charge >= 0.3 is 5.97 Å². The lowest BCUT2D eigenvalue weighted by molar-refractivity contribution is -0.135. The fraction of sp³-hybridized carbons (Fsp3) is 0.259. The number of anilines is 3. The van der Waals surface area contributed by atoms with E-state index in [9.17, 15) is 4.79 Å². The Morgan fingerprint density at radius 3 is 2.17 bits per heavy atom. The number of rotatable bonds is 8. The molecule has 1 heterocycles. The van der Waals surface area contributed by atoms with Crippen LogP contribution in [0.5, 0.6) is 11.5 Å². The van der Waals surface area contributed by atoms with Gasteiger partial charge < -0.3 is 19.1 Å². The number of ether oxygens (including phenoxy) is 3. The highest BCUT2D eigenvalue weighted by Gasteiger charge is 2.41. The van der Waals surface area contributed by atoms with E-state index in [1.807, 2.05) is 78.5 Å². The predicted molar refractivity (Wildman–Crippen MR) is 144 cm³/mol. The minimum absolute atomic E-state index is 0.171. The molecule has 4 rings (SSSR count). The van der Waals surface area contributed by atoms with Crippen molar-refractivity contribution in [2.24, 2.45) is 5.10 Å². The van der Waals surface area contributed by atoms with Crippen LogP contribution in [0.1, 0.15) is 18.7 Å². The Kier molecular flexibility index (Phi) is 7.55. The number of nitrogens with zero attached hydrogens (tertiary/aromatic N) is 4. The van der Waals surface area contributed by atoms with E-state index < -0.39 is 12.1 Å². The van der Waals surface area contributed by atoms with Crippen LogP contribution in [0, 0.1) is 0 Å². The number of methoxy groups -OCH3 is 2. The largest absolute Gasteiger partial charge is 0.493 e. The lowest BCUT2D eigenvalue weighted by atomic mass is 10.1. The highest BCUT2D eigenvalue weighted by Crippen LogP contribution is 2.42. The minimum atomic E-state index is -0.518. The molecule has 0 aliphatic carbocycles. The molecule has 0 saturated carbocycles. The van der Waals surface area contributed by atoms with Gasteiger partial charge in [0.25, 0.3) is 0 Å². The van der Waals surface area contributed by atoms with E-state index in [1.165, 1.54) is 0 Å². The zero-order valence-corrected chi connectivity index (χ0v) is 21.7. The van der Waals surface area contributed by atoms with E-state index in [0.29, 0.717) is 16.5 Å². The van der Waals surface area contributed by atoms with Crippen molar-refractivity contribution in [3.63, 3.8) is 0 Å². The van der Waals surface area contributed by atoms with Gasteiger partial charge in [-0.25, -0.2) is 9.80 Å². The van der Waals surface area contributed by atoms with Crippen LogP contribution in [0.25, 0.3) is 0 Å². The molecule has 0 spiro atoms. The zero-order chi connectivity index (χ0) is 25.8. The molecule has 9 heteroatoms. The Morgan fingerprint density at radius 1 is 0.944 bits per heavy atom. The lowest BCUT2D eigenvalue weighted by Crippen LogP contribution is -2.39. The molecule has 3 aromatic carbocycles. The van der Waals surface area contributed by atoms with E-state index in [4.69, 9.17) is 30.9 Å². The smallest absolute Gasteiger partial charge is 0.376 e. The third-order valence-electron chi connectivity index (χ3n) is 5.81. The van der Waals surface area contributed by atoms with Gasteiger partial charge in [-0.1, -0.05) is 17.7 Å². The Labute approximate surface area is 216 Å². The van der Waals surface area contributed by atoms with Crippen molar-refractivity contribution in [3.05, 3.63) is 77.3 Å². The predicted octanol–water partition coefficient (Wildman–Crippen LogP) is 5.33. The average molecular weight is 509 g/mol. The number of carbonyl (C=O) groups is 1. The SMILES string of the molecule is CCOC(=O)C1=NN(c2ccc(Cl)cc2)C(c2ccc(OC)c(OC)c2)N1c1ccc(N(C)C)cc1. The highest BCUT2D eigenvalue weighted by atomic mass is 35.5. The summed E-state index contributed by atoms with van der Waals surface area (Å²) in [6.45, 7) is 2.00. The second-order valence-electron chi connectivity index (χ2n) is 8.23. The van der Waals surface area contributed by atoms with Gasteiger partial charge in [0.2, 0.25) is 5.84 Å². The normalized spacial score (nSPS) is 14.9. The molecule has 0 amide bonds. The Morgan fingerprint density at radius 2 is 1.58 bits per heavy atom. The number of halogens is 1. The van der Waals surface area contributed by atoms with Crippen molar-refractivity contribution < 1.29 is 19.0 Å².